The van der Waals surface area contributed by atoms with E-state index in [1.165, 1.54) is 0 Å². The minimum absolute atomic E-state index is 0.0288. The third-order valence-corrected chi connectivity index (χ3v) is 5.44. The predicted octanol–water partition coefficient (Wildman–Crippen LogP) is 2.66. The van der Waals surface area contributed by atoms with Crippen molar-refractivity contribution in [3.05, 3.63) is 35.7 Å². The molecule has 1 N–H and O–H groups in total. The molecule has 11 heteroatoms. The largest absolute Gasteiger partial charge is 0.501 e. The van der Waals surface area contributed by atoms with E-state index in [0.29, 0.717) is 18.4 Å². The standard InChI is InChI=1S/C14H14F4N4O2S/c15-9-4-5-10(11(7-9)25(23,24)14(16,17)18)19-8-13-21-20-12-3-1-2-6-22(12)13/h4-5,7,19H,1-3,6,8H2. The van der Waals surface area contributed by atoms with Gasteiger partial charge in [0.05, 0.1) is 12.2 Å². The molecule has 2 aromatic rings. The Hall–Kier alpha value is -2.17. The number of aryl methyl sites for hydroxylation is 1. The van der Waals surface area contributed by atoms with Gasteiger partial charge in [-0.1, -0.05) is 0 Å². The second-order valence-electron chi connectivity index (χ2n) is 5.58. The molecule has 1 aliphatic heterocycles. The second-order valence-corrected chi connectivity index (χ2v) is 7.49. The number of anilines is 1. The lowest BCUT2D eigenvalue weighted by atomic mass is 10.2. The number of fused-ring (bicyclic) bond motifs is 1. The van der Waals surface area contributed by atoms with Crippen molar-refractivity contribution in [2.45, 2.75) is 42.8 Å². The van der Waals surface area contributed by atoms with Crippen molar-refractivity contribution in [2.75, 3.05) is 5.32 Å². The van der Waals surface area contributed by atoms with Gasteiger partial charge in [0, 0.05) is 13.0 Å². The molecule has 0 saturated carbocycles. The van der Waals surface area contributed by atoms with E-state index in [-0.39, 0.29) is 12.2 Å². The van der Waals surface area contributed by atoms with Crippen LogP contribution < -0.4 is 5.32 Å². The van der Waals surface area contributed by atoms with E-state index in [1.54, 1.807) is 0 Å². The lowest BCUT2D eigenvalue weighted by Gasteiger charge is -2.16. The highest BCUT2D eigenvalue weighted by Crippen LogP contribution is 2.35. The molecule has 1 aromatic carbocycles. The average molecular weight is 378 g/mol. The molecular formula is C14H14F4N4O2S. The maximum Gasteiger partial charge on any atom is 0.501 e. The molecule has 0 atom stereocenters. The van der Waals surface area contributed by atoms with E-state index < -0.39 is 26.1 Å². The molecule has 0 amide bonds. The zero-order valence-corrected chi connectivity index (χ0v) is 13.7. The summed E-state index contributed by atoms with van der Waals surface area (Å²) in [6.45, 7) is 0.662. The summed E-state index contributed by atoms with van der Waals surface area (Å²) in [6, 6.07) is 2.20. The highest BCUT2D eigenvalue weighted by Gasteiger charge is 2.48. The lowest BCUT2D eigenvalue weighted by molar-refractivity contribution is -0.0435. The fourth-order valence-corrected chi connectivity index (χ4v) is 3.61. The Morgan fingerprint density at radius 3 is 2.68 bits per heavy atom. The molecule has 0 unspecified atom stereocenters. The van der Waals surface area contributed by atoms with E-state index in [1.807, 2.05) is 4.57 Å². The number of benzene rings is 1. The van der Waals surface area contributed by atoms with Crippen LogP contribution in [0.25, 0.3) is 0 Å². The number of halogens is 4. The van der Waals surface area contributed by atoms with Gasteiger partial charge in [-0.3, -0.25) is 0 Å². The molecule has 2 heterocycles. The smallest absolute Gasteiger partial charge is 0.377 e. The van der Waals surface area contributed by atoms with Gasteiger partial charge in [0.2, 0.25) is 0 Å². The molecular weight excluding hydrogens is 364 g/mol. The number of rotatable bonds is 4. The number of sulfone groups is 1. The first-order chi connectivity index (χ1) is 11.7. The van der Waals surface area contributed by atoms with Crippen molar-refractivity contribution >= 4 is 15.5 Å². The molecule has 1 aliphatic rings. The van der Waals surface area contributed by atoms with Gasteiger partial charge in [0.15, 0.2) is 5.82 Å². The van der Waals surface area contributed by atoms with E-state index in [0.717, 1.165) is 37.2 Å². The van der Waals surface area contributed by atoms with Crippen LogP contribution in [-0.4, -0.2) is 28.7 Å². The lowest BCUT2D eigenvalue weighted by Crippen LogP contribution is -2.24. The van der Waals surface area contributed by atoms with Crippen molar-refractivity contribution < 1.29 is 26.0 Å². The van der Waals surface area contributed by atoms with Crippen molar-refractivity contribution in [2.24, 2.45) is 0 Å². The molecule has 3 rings (SSSR count). The number of aromatic nitrogens is 3. The molecule has 0 spiro atoms. The fourth-order valence-electron chi connectivity index (χ4n) is 2.66. The van der Waals surface area contributed by atoms with Crippen LogP contribution in [0.15, 0.2) is 23.1 Å². The maximum atomic E-state index is 13.3. The Morgan fingerprint density at radius 1 is 1.20 bits per heavy atom. The van der Waals surface area contributed by atoms with Gasteiger partial charge < -0.3 is 9.88 Å². The van der Waals surface area contributed by atoms with Crippen LogP contribution in [-0.2, 0) is 29.3 Å². The van der Waals surface area contributed by atoms with Gasteiger partial charge in [0.1, 0.15) is 16.5 Å². The Labute approximate surface area is 140 Å². The van der Waals surface area contributed by atoms with Crippen LogP contribution in [0.3, 0.4) is 0 Å². The fraction of sp³-hybridized carbons (Fsp3) is 0.429. The summed E-state index contributed by atoms with van der Waals surface area (Å²) < 4.78 is 76.9. The number of alkyl halides is 3. The van der Waals surface area contributed by atoms with Crippen molar-refractivity contribution in [3.8, 4) is 0 Å². The molecule has 0 saturated heterocycles. The van der Waals surface area contributed by atoms with Crippen molar-refractivity contribution in [1.29, 1.82) is 0 Å². The zero-order valence-electron chi connectivity index (χ0n) is 12.8. The average Bonchev–Trinajstić information content (AvgIpc) is 2.96. The summed E-state index contributed by atoms with van der Waals surface area (Å²) in [6.07, 6.45) is 2.68. The van der Waals surface area contributed by atoms with E-state index in [4.69, 9.17) is 0 Å². The monoisotopic (exact) mass is 378 g/mol. The first-order valence-corrected chi connectivity index (χ1v) is 8.94. The zero-order chi connectivity index (χ0) is 18.2. The highest BCUT2D eigenvalue weighted by atomic mass is 32.2. The first kappa shape index (κ1) is 17.6. The van der Waals surface area contributed by atoms with Crippen LogP contribution in [0.1, 0.15) is 24.5 Å². The number of hydrogen-bond acceptors (Lipinski definition) is 5. The minimum Gasteiger partial charge on any atom is -0.377 e. The minimum atomic E-state index is -5.68. The highest BCUT2D eigenvalue weighted by molar-refractivity contribution is 7.92. The summed E-state index contributed by atoms with van der Waals surface area (Å²) in [5, 5.41) is 10.6. The van der Waals surface area contributed by atoms with Crippen LogP contribution in [0.4, 0.5) is 23.2 Å². The van der Waals surface area contributed by atoms with Gasteiger partial charge in [-0.2, -0.15) is 13.2 Å². The van der Waals surface area contributed by atoms with Gasteiger partial charge >= 0.3 is 5.51 Å². The SMILES string of the molecule is O=S(=O)(c1cc(F)ccc1NCc1nnc2n1CCCC2)C(F)(F)F. The van der Waals surface area contributed by atoms with Crippen LogP contribution in [0, 0.1) is 5.82 Å². The summed E-state index contributed by atoms with van der Waals surface area (Å²) in [4.78, 5) is -1.15. The van der Waals surface area contributed by atoms with Crippen LogP contribution in [0.5, 0.6) is 0 Å². The topological polar surface area (TPSA) is 76.9 Å². The van der Waals surface area contributed by atoms with E-state index in [9.17, 15) is 26.0 Å². The van der Waals surface area contributed by atoms with Gasteiger partial charge in [-0.05, 0) is 31.0 Å². The Bertz CT molecular complexity index is 893. The molecule has 1 aromatic heterocycles. The Morgan fingerprint density at radius 2 is 1.96 bits per heavy atom. The van der Waals surface area contributed by atoms with Gasteiger partial charge in [-0.15, -0.1) is 10.2 Å². The number of hydrogen-bond donors (Lipinski definition) is 1. The quantitative estimate of drug-likeness (QED) is 0.828. The van der Waals surface area contributed by atoms with Crippen molar-refractivity contribution in [3.63, 3.8) is 0 Å². The van der Waals surface area contributed by atoms with E-state index >= 15 is 0 Å². The summed E-state index contributed by atoms with van der Waals surface area (Å²) in [5.74, 6) is 0.188. The molecule has 0 aliphatic carbocycles. The molecule has 0 radical (unpaired) electrons. The second kappa shape index (κ2) is 6.28. The molecule has 25 heavy (non-hydrogen) atoms. The van der Waals surface area contributed by atoms with Crippen LogP contribution >= 0.6 is 0 Å². The number of nitrogens with one attached hydrogen (secondary N) is 1. The molecule has 0 fully saturated rings. The normalized spacial score (nSPS) is 15.0. The number of nitrogens with zero attached hydrogens (tertiary/aromatic N) is 3. The summed E-state index contributed by atoms with van der Waals surface area (Å²) in [5.41, 5.74) is -5.86. The first-order valence-electron chi connectivity index (χ1n) is 7.46. The van der Waals surface area contributed by atoms with Gasteiger partial charge in [-0.25, -0.2) is 12.8 Å². The van der Waals surface area contributed by atoms with Crippen molar-refractivity contribution in [1.82, 2.24) is 14.8 Å². The Balaban J connectivity index is 1.90. The molecule has 0 bridgehead atoms. The van der Waals surface area contributed by atoms with Gasteiger partial charge in [0.25, 0.3) is 9.84 Å². The Kier molecular flexibility index (Phi) is 4.43. The summed E-state index contributed by atoms with van der Waals surface area (Å²) >= 11 is 0. The van der Waals surface area contributed by atoms with Crippen LogP contribution in [0.2, 0.25) is 0 Å². The maximum absolute atomic E-state index is 13.3. The molecule has 136 valence electrons. The van der Waals surface area contributed by atoms with E-state index in [2.05, 4.69) is 15.5 Å². The third-order valence-electron chi connectivity index (χ3n) is 3.91. The third kappa shape index (κ3) is 3.32. The predicted molar refractivity (Wildman–Crippen MR) is 79.9 cm³/mol. The molecule has 6 nitrogen and oxygen atoms in total. The summed E-state index contributed by atoms with van der Waals surface area (Å²) in [7, 11) is -5.68.